The number of pyridine rings is 1. The van der Waals surface area contributed by atoms with E-state index < -0.39 is 0 Å². The van der Waals surface area contributed by atoms with Crippen LogP contribution in [0.2, 0.25) is 0 Å². The van der Waals surface area contributed by atoms with Gasteiger partial charge in [-0.25, -0.2) is 4.98 Å². The lowest BCUT2D eigenvalue weighted by molar-refractivity contribution is 0.341. The van der Waals surface area contributed by atoms with Crippen LogP contribution in [-0.4, -0.2) is 11.6 Å². The van der Waals surface area contributed by atoms with Crippen molar-refractivity contribution in [2.24, 2.45) is 5.92 Å². The lowest BCUT2D eigenvalue weighted by Crippen LogP contribution is -2.08. The molecule has 0 bridgehead atoms. The van der Waals surface area contributed by atoms with E-state index in [1.54, 1.807) is 6.20 Å². The lowest BCUT2D eigenvalue weighted by atomic mass is 9.95. The summed E-state index contributed by atoms with van der Waals surface area (Å²) in [6.45, 7) is 5.03. The van der Waals surface area contributed by atoms with Crippen molar-refractivity contribution in [2.45, 2.75) is 13.8 Å². The number of allylic oxidation sites excluding steroid dienone is 1. The summed E-state index contributed by atoms with van der Waals surface area (Å²) in [6, 6.07) is 4.01. The minimum Gasteiger partial charge on any atom is -0.473 e. The maximum atomic E-state index is 5.42. The Hall–Kier alpha value is -1.31. The van der Waals surface area contributed by atoms with E-state index >= 15 is 0 Å². The summed E-state index contributed by atoms with van der Waals surface area (Å²) in [5, 5.41) is 0. The van der Waals surface area contributed by atoms with Crippen molar-refractivity contribution in [3.8, 4) is 5.88 Å². The molecule has 2 heterocycles. The minimum atomic E-state index is 0.534. The van der Waals surface area contributed by atoms with Crippen LogP contribution in [0.4, 0.5) is 0 Å². The number of hydrogen-bond donors (Lipinski definition) is 0. The highest BCUT2D eigenvalue weighted by molar-refractivity contribution is 5.71. The largest absolute Gasteiger partial charge is 0.473 e. The van der Waals surface area contributed by atoms with E-state index in [1.165, 1.54) is 5.57 Å². The lowest BCUT2D eigenvalue weighted by Gasteiger charge is -2.19. The van der Waals surface area contributed by atoms with Gasteiger partial charge in [-0.05, 0) is 29.7 Å². The second-order valence-corrected chi connectivity index (χ2v) is 3.48. The predicted molar refractivity (Wildman–Crippen MR) is 52.5 cm³/mol. The van der Waals surface area contributed by atoms with Gasteiger partial charge in [0.1, 0.15) is 6.61 Å². The standard InChI is InChI=1S/C11H13NO/c1-8(2)9-5-7-13-11-10(9)4-3-6-12-11/h3-6,8H,7H2,1-2H3. The van der Waals surface area contributed by atoms with Crippen molar-refractivity contribution >= 4 is 5.57 Å². The molecule has 0 fully saturated rings. The number of ether oxygens (including phenoxy) is 1. The Labute approximate surface area is 78.3 Å². The number of nitrogens with zero attached hydrogens (tertiary/aromatic N) is 1. The van der Waals surface area contributed by atoms with Crippen molar-refractivity contribution < 1.29 is 4.74 Å². The smallest absolute Gasteiger partial charge is 0.221 e. The third-order valence-corrected chi connectivity index (χ3v) is 2.23. The molecule has 68 valence electrons. The second-order valence-electron chi connectivity index (χ2n) is 3.48. The van der Waals surface area contributed by atoms with Gasteiger partial charge in [-0.15, -0.1) is 0 Å². The van der Waals surface area contributed by atoms with Gasteiger partial charge in [0, 0.05) is 11.8 Å². The van der Waals surface area contributed by atoms with Gasteiger partial charge in [0.15, 0.2) is 0 Å². The summed E-state index contributed by atoms with van der Waals surface area (Å²) in [6.07, 6.45) is 3.90. The van der Waals surface area contributed by atoms with Gasteiger partial charge in [0.25, 0.3) is 0 Å². The zero-order chi connectivity index (χ0) is 9.26. The van der Waals surface area contributed by atoms with E-state index in [4.69, 9.17) is 4.74 Å². The first-order chi connectivity index (χ1) is 6.29. The normalized spacial score (nSPS) is 14.8. The van der Waals surface area contributed by atoms with Crippen molar-refractivity contribution in [1.82, 2.24) is 4.98 Å². The fourth-order valence-electron chi connectivity index (χ4n) is 1.59. The quantitative estimate of drug-likeness (QED) is 0.654. The molecule has 1 aromatic heterocycles. The monoisotopic (exact) mass is 175 g/mol. The van der Waals surface area contributed by atoms with Crippen molar-refractivity contribution in [2.75, 3.05) is 6.61 Å². The molecule has 1 aliphatic rings. The molecule has 2 rings (SSSR count). The molecule has 0 saturated heterocycles. The Morgan fingerprint density at radius 1 is 1.46 bits per heavy atom. The fraction of sp³-hybridized carbons (Fsp3) is 0.364. The molecule has 2 heteroatoms. The zero-order valence-electron chi connectivity index (χ0n) is 7.95. The molecule has 0 spiro atoms. The van der Waals surface area contributed by atoms with Gasteiger partial charge in [-0.2, -0.15) is 0 Å². The third-order valence-electron chi connectivity index (χ3n) is 2.23. The van der Waals surface area contributed by atoms with Crippen LogP contribution in [0.3, 0.4) is 0 Å². The van der Waals surface area contributed by atoms with Gasteiger partial charge in [0.05, 0.1) is 0 Å². The van der Waals surface area contributed by atoms with E-state index in [0.717, 1.165) is 11.4 Å². The van der Waals surface area contributed by atoms with Crippen molar-refractivity contribution in [3.63, 3.8) is 0 Å². The van der Waals surface area contributed by atoms with Crippen LogP contribution < -0.4 is 4.74 Å². The summed E-state index contributed by atoms with van der Waals surface area (Å²) >= 11 is 0. The van der Waals surface area contributed by atoms with E-state index in [9.17, 15) is 0 Å². The Bertz CT molecular complexity index is 342. The molecule has 2 nitrogen and oxygen atoms in total. The Kier molecular flexibility index (Phi) is 2.05. The molecule has 0 unspecified atom stereocenters. The average molecular weight is 175 g/mol. The van der Waals surface area contributed by atoms with E-state index in [1.807, 2.05) is 6.07 Å². The minimum absolute atomic E-state index is 0.534. The third kappa shape index (κ3) is 1.44. The van der Waals surface area contributed by atoms with Crippen LogP contribution in [-0.2, 0) is 0 Å². The molecule has 0 N–H and O–H groups in total. The van der Waals surface area contributed by atoms with E-state index in [0.29, 0.717) is 12.5 Å². The maximum Gasteiger partial charge on any atom is 0.221 e. The van der Waals surface area contributed by atoms with Crippen LogP contribution in [0.1, 0.15) is 19.4 Å². The highest BCUT2D eigenvalue weighted by atomic mass is 16.5. The maximum absolute atomic E-state index is 5.42. The van der Waals surface area contributed by atoms with Crippen LogP contribution in [0.25, 0.3) is 5.57 Å². The summed E-state index contributed by atoms with van der Waals surface area (Å²) in [5.74, 6) is 1.31. The zero-order valence-corrected chi connectivity index (χ0v) is 7.95. The van der Waals surface area contributed by atoms with Crippen LogP contribution in [0.15, 0.2) is 24.4 Å². The van der Waals surface area contributed by atoms with Crippen molar-refractivity contribution in [1.29, 1.82) is 0 Å². The van der Waals surface area contributed by atoms with E-state index in [-0.39, 0.29) is 0 Å². The number of aromatic nitrogens is 1. The van der Waals surface area contributed by atoms with Gasteiger partial charge in [-0.1, -0.05) is 13.8 Å². The van der Waals surface area contributed by atoms with Gasteiger partial charge < -0.3 is 4.74 Å². The number of hydrogen-bond acceptors (Lipinski definition) is 2. The topological polar surface area (TPSA) is 22.1 Å². The summed E-state index contributed by atoms with van der Waals surface area (Å²) in [7, 11) is 0. The predicted octanol–water partition coefficient (Wildman–Crippen LogP) is 2.51. The number of rotatable bonds is 1. The Morgan fingerprint density at radius 2 is 2.31 bits per heavy atom. The molecule has 1 aromatic rings. The van der Waals surface area contributed by atoms with Crippen LogP contribution in [0, 0.1) is 5.92 Å². The summed E-state index contributed by atoms with van der Waals surface area (Å²) in [4.78, 5) is 4.19. The van der Waals surface area contributed by atoms with Gasteiger partial charge in [0.2, 0.25) is 5.88 Å². The molecule has 13 heavy (non-hydrogen) atoms. The van der Waals surface area contributed by atoms with Gasteiger partial charge in [-0.3, -0.25) is 0 Å². The summed E-state index contributed by atoms with van der Waals surface area (Å²) in [5.41, 5.74) is 2.48. The van der Waals surface area contributed by atoms with Crippen molar-refractivity contribution in [3.05, 3.63) is 30.0 Å². The fourth-order valence-corrected chi connectivity index (χ4v) is 1.59. The summed E-state index contributed by atoms with van der Waals surface area (Å²) < 4.78 is 5.42. The Morgan fingerprint density at radius 3 is 3.08 bits per heavy atom. The molecular weight excluding hydrogens is 162 g/mol. The first kappa shape index (κ1) is 8.30. The molecule has 1 aliphatic heterocycles. The molecular formula is C11H13NO. The molecule has 0 atom stereocenters. The molecule has 0 aliphatic carbocycles. The van der Waals surface area contributed by atoms with Crippen LogP contribution >= 0.6 is 0 Å². The molecule has 0 amide bonds. The van der Waals surface area contributed by atoms with Gasteiger partial charge >= 0.3 is 0 Å². The highest BCUT2D eigenvalue weighted by Crippen LogP contribution is 2.31. The molecule has 0 aromatic carbocycles. The highest BCUT2D eigenvalue weighted by Gasteiger charge is 2.16. The second kappa shape index (κ2) is 3.21. The first-order valence-electron chi connectivity index (χ1n) is 4.57. The number of fused-ring (bicyclic) bond motifs is 1. The SMILES string of the molecule is CC(C)C1=CCOc2ncccc21. The Balaban J connectivity index is 2.47. The average Bonchev–Trinajstić information content (AvgIpc) is 2.17. The molecule has 0 saturated carbocycles. The first-order valence-corrected chi connectivity index (χ1v) is 4.57. The van der Waals surface area contributed by atoms with Crippen LogP contribution in [0.5, 0.6) is 5.88 Å². The van der Waals surface area contributed by atoms with E-state index in [2.05, 4.69) is 31.0 Å². The molecule has 0 radical (unpaired) electrons.